The van der Waals surface area contributed by atoms with Crippen molar-refractivity contribution >= 4 is 17.2 Å². The Morgan fingerprint density at radius 1 is 1.17 bits per heavy atom. The van der Waals surface area contributed by atoms with Crippen LogP contribution >= 0.6 is 11.3 Å². The largest absolute Gasteiger partial charge is 0.347 e. The van der Waals surface area contributed by atoms with Crippen molar-refractivity contribution in [3.8, 4) is 16.5 Å². The molecule has 3 heterocycles. The molecule has 146 valence electrons. The van der Waals surface area contributed by atoms with E-state index in [0.717, 1.165) is 0 Å². The van der Waals surface area contributed by atoms with Gasteiger partial charge >= 0.3 is 0 Å². The van der Waals surface area contributed by atoms with E-state index >= 15 is 0 Å². The number of benzene rings is 1. The summed E-state index contributed by atoms with van der Waals surface area (Å²) in [6.45, 7) is 3.77. The summed E-state index contributed by atoms with van der Waals surface area (Å²) < 4.78 is 16.2. The van der Waals surface area contributed by atoms with Gasteiger partial charge in [-0.2, -0.15) is 0 Å². The van der Waals surface area contributed by atoms with Gasteiger partial charge in [-0.3, -0.25) is 4.79 Å². The quantitative estimate of drug-likeness (QED) is 0.547. The zero-order valence-electron chi connectivity index (χ0n) is 15.8. The van der Waals surface area contributed by atoms with Crippen molar-refractivity contribution in [2.45, 2.75) is 20.4 Å². The first-order chi connectivity index (χ1) is 14.0. The summed E-state index contributed by atoms with van der Waals surface area (Å²) in [7, 11) is 0. The number of aryl methyl sites for hydroxylation is 2. The first-order valence-electron chi connectivity index (χ1n) is 8.84. The number of rotatable bonds is 5. The highest BCUT2D eigenvalue weighted by Gasteiger charge is 2.17. The number of aromatic nitrogens is 5. The SMILES string of the molecule is Cc1nc(-c2ncccn2)sc1C(=O)NCc1ccc(-n2ccnc2C)c(F)c1. The second kappa shape index (κ2) is 7.88. The van der Waals surface area contributed by atoms with Gasteiger partial charge in [0.05, 0.1) is 11.4 Å². The van der Waals surface area contributed by atoms with E-state index in [1.54, 1.807) is 61.4 Å². The van der Waals surface area contributed by atoms with Crippen molar-refractivity contribution in [1.82, 2.24) is 29.8 Å². The van der Waals surface area contributed by atoms with E-state index in [1.807, 2.05) is 0 Å². The second-order valence-corrected chi connectivity index (χ2v) is 7.32. The Kier molecular flexibility index (Phi) is 5.13. The summed E-state index contributed by atoms with van der Waals surface area (Å²) in [4.78, 5) is 29.9. The Labute approximate surface area is 170 Å². The fraction of sp³-hybridized carbons (Fsp3) is 0.150. The molecule has 1 N–H and O–H groups in total. The van der Waals surface area contributed by atoms with Gasteiger partial charge in [-0.15, -0.1) is 11.3 Å². The second-order valence-electron chi connectivity index (χ2n) is 6.32. The molecule has 0 saturated heterocycles. The number of carbonyl (C=O) groups is 1. The highest BCUT2D eigenvalue weighted by molar-refractivity contribution is 7.17. The van der Waals surface area contributed by atoms with Crippen molar-refractivity contribution in [3.63, 3.8) is 0 Å². The molecule has 29 heavy (non-hydrogen) atoms. The Balaban J connectivity index is 1.47. The molecule has 4 aromatic rings. The first-order valence-corrected chi connectivity index (χ1v) is 9.66. The number of hydrogen-bond acceptors (Lipinski definition) is 6. The molecule has 9 heteroatoms. The van der Waals surface area contributed by atoms with Gasteiger partial charge in [0.15, 0.2) is 10.8 Å². The third kappa shape index (κ3) is 3.90. The van der Waals surface area contributed by atoms with Gasteiger partial charge in [0.25, 0.3) is 5.91 Å². The van der Waals surface area contributed by atoms with E-state index in [4.69, 9.17) is 0 Å². The fourth-order valence-electron chi connectivity index (χ4n) is 2.86. The molecule has 0 aliphatic heterocycles. The van der Waals surface area contributed by atoms with Gasteiger partial charge < -0.3 is 9.88 Å². The topological polar surface area (TPSA) is 85.6 Å². The van der Waals surface area contributed by atoms with Crippen LogP contribution in [0.25, 0.3) is 16.5 Å². The fourth-order valence-corrected chi connectivity index (χ4v) is 3.79. The zero-order chi connectivity index (χ0) is 20.4. The molecule has 0 bridgehead atoms. The Hall–Kier alpha value is -3.46. The molecule has 7 nitrogen and oxygen atoms in total. The van der Waals surface area contributed by atoms with E-state index in [2.05, 4.69) is 25.3 Å². The summed E-state index contributed by atoms with van der Waals surface area (Å²) in [5.74, 6) is 0.531. The molecule has 0 aliphatic rings. The van der Waals surface area contributed by atoms with Gasteiger partial charge in [0, 0.05) is 31.3 Å². The first kappa shape index (κ1) is 18.9. The molecule has 0 radical (unpaired) electrons. The lowest BCUT2D eigenvalue weighted by Crippen LogP contribution is -2.22. The van der Waals surface area contributed by atoms with Crippen LogP contribution in [0.2, 0.25) is 0 Å². The minimum absolute atomic E-state index is 0.202. The van der Waals surface area contributed by atoms with Gasteiger partial charge in [-0.1, -0.05) is 6.07 Å². The third-order valence-corrected chi connectivity index (χ3v) is 5.46. The van der Waals surface area contributed by atoms with Crippen LogP contribution in [0.15, 0.2) is 49.1 Å². The average molecular weight is 408 g/mol. The van der Waals surface area contributed by atoms with Gasteiger partial charge in [-0.25, -0.2) is 24.3 Å². The summed E-state index contributed by atoms with van der Waals surface area (Å²) in [5.41, 5.74) is 1.68. The van der Waals surface area contributed by atoms with E-state index in [9.17, 15) is 9.18 Å². The summed E-state index contributed by atoms with van der Waals surface area (Å²) in [6.07, 6.45) is 6.58. The van der Waals surface area contributed by atoms with Crippen LogP contribution in [0.1, 0.15) is 26.8 Å². The van der Waals surface area contributed by atoms with Crippen molar-refractivity contribution in [1.29, 1.82) is 0 Å². The van der Waals surface area contributed by atoms with Gasteiger partial charge in [0.2, 0.25) is 0 Å². The molecule has 0 unspecified atom stereocenters. The molecule has 3 aromatic heterocycles. The van der Waals surface area contributed by atoms with E-state index in [0.29, 0.717) is 38.5 Å². The lowest BCUT2D eigenvalue weighted by Gasteiger charge is -2.09. The molecular formula is C20H17FN6OS. The molecule has 1 aromatic carbocycles. The highest BCUT2D eigenvalue weighted by Crippen LogP contribution is 2.25. The number of nitrogens with zero attached hydrogens (tertiary/aromatic N) is 5. The lowest BCUT2D eigenvalue weighted by atomic mass is 10.2. The molecule has 1 amide bonds. The van der Waals surface area contributed by atoms with Crippen molar-refractivity contribution in [2.75, 3.05) is 0 Å². The number of halogens is 1. The van der Waals surface area contributed by atoms with Crippen LogP contribution in [0.3, 0.4) is 0 Å². The average Bonchev–Trinajstić information content (AvgIpc) is 3.32. The number of imidazole rings is 1. The van der Waals surface area contributed by atoms with Crippen molar-refractivity contribution in [3.05, 3.63) is 76.8 Å². The van der Waals surface area contributed by atoms with Crippen molar-refractivity contribution < 1.29 is 9.18 Å². The minimum Gasteiger partial charge on any atom is -0.347 e. The monoisotopic (exact) mass is 408 g/mol. The smallest absolute Gasteiger partial charge is 0.263 e. The molecule has 0 saturated carbocycles. The van der Waals surface area contributed by atoms with Crippen LogP contribution in [0.5, 0.6) is 0 Å². The van der Waals surface area contributed by atoms with E-state index in [1.165, 1.54) is 17.4 Å². The Morgan fingerprint density at radius 2 is 1.97 bits per heavy atom. The number of amides is 1. The molecule has 0 aliphatic carbocycles. The van der Waals surface area contributed by atoms with E-state index in [-0.39, 0.29) is 18.3 Å². The summed E-state index contributed by atoms with van der Waals surface area (Å²) in [6, 6.07) is 6.59. The van der Waals surface area contributed by atoms with Crippen LogP contribution < -0.4 is 5.32 Å². The minimum atomic E-state index is -0.379. The Bertz CT molecular complexity index is 1170. The van der Waals surface area contributed by atoms with E-state index < -0.39 is 0 Å². The number of carbonyl (C=O) groups excluding carboxylic acids is 1. The van der Waals surface area contributed by atoms with Crippen LogP contribution in [-0.2, 0) is 6.54 Å². The highest BCUT2D eigenvalue weighted by atomic mass is 32.1. The van der Waals surface area contributed by atoms with Crippen LogP contribution in [0.4, 0.5) is 4.39 Å². The van der Waals surface area contributed by atoms with Gasteiger partial charge in [-0.05, 0) is 37.6 Å². The third-order valence-electron chi connectivity index (χ3n) is 4.31. The normalized spacial score (nSPS) is 10.9. The predicted molar refractivity (Wildman–Crippen MR) is 107 cm³/mol. The van der Waals surface area contributed by atoms with Crippen LogP contribution in [-0.4, -0.2) is 30.4 Å². The molecule has 0 fully saturated rings. The molecule has 0 spiro atoms. The van der Waals surface area contributed by atoms with Crippen LogP contribution in [0, 0.1) is 19.7 Å². The predicted octanol–water partition coefficient (Wildman–Crippen LogP) is 3.47. The van der Waals surface area contributed by atoms with Crippen molar-refractivity contribution in [2.24, 2.45) is 0 Å². The lowest BCUT2D eigenvalue weighted by molar-refractivity contribution is 0.0954. The molecule has 4 rings (SSSR count). The number of thiazole rings is 1. The molecular weight excluding hydrogens is 391 g/mol. The van der Waals surface area contributed by atoms with Gasteiger partial charge in [0.1, 0.15) is 16.5 Å². The maximum Gasteiger partial charge on any atom is 0.263 e. The zero-order valence-corrected chi connectivity index (χ0v) is 16.6. The number of hydrogen-bond donors (Lipinski definition) is 1. The molecule has 0 atom stereocenters. The summed E-state index contributed by atoms with van der Waals surface area (Å²) >= 11 is 1.23. The standard InChI is InChI=1S/C20H17FN6OS/c1-12-17(29-20(26-12)18-23-6-3-7-24-18)19(28)25-11-14-4-5-16(15(21)10-14)27-9-8-22-13(27)2/h3-10H,11H2,1-2H3,(H,25,28). The maximum atomic E-state index is 14.5. The summed E-state index contributed by atoms with van der Waals surface area (Å²) in [5, 5.41) is 3.40. The number of nitrogens with one attached hydrogen (secondary N) is 1. The maximum absolute atomic E-state index is 14.5. The Morgan fingerprint density at radius 3 is 2.66 bits per heavy atom.